The van der Waals surface area contributed by atoms with Crippen LogP contribution in [0, 0.1) is 16.7 Å². The van der Waals surface area contributed by atoms with Gasteiger partial charge in [-0.15, -0.1) is 0 Å². The van der Waals surface area contributed by atoms with Gasteiger partial charge >= 0.3 is 12.4 Å². The van der Waals surface area contributed by atoms with Crippen LogP contribution in [0.1, 0.15) is 24.2 Å². The van der Waals surface area contributed by atoms with Crippen LogP contribution in [0.25, 0.3) is 0 Å². The van der Waals surface area contributed by atoms with Gasteiger partial charge in [-0.2, -0.15) is 31.6 Å². The number of rotatable bonds is 2. The van der Waals surface area contributed by atoms with Crippen molar-refractivity contribution >= 4 is 0 Å². The van der Waals surface area contributed by atoms with E-state index in [-0.39, 0.29) is 12.5 Å². The Kier molecular flexibility index (Phi) is 4.04. The summed E-state index contributed by atoms with van der Waals surface area (Å²) in [5, 5.41) is 8.55. The van der Waals surface area contributed by atoms with E-state index in [0.29, 0.717) is 6.07 Å². The summed E-state index contributed by atoms with van der Waals surface area (Å²) >= 11 is 0. The predicted molar refractivity (Wildman–Crippen MR) is 55.2 cm³/mol. The Balaban J connectivity index is 3.40. The third-order valence-electron chi connectivity index (χ3n) is 2.99. The first-order valence-corrected chi connectivity index (χ1v) is 5.22. The van der Waals surface area contributed by atoms with E-state index in [2.05, 4.69) is 0 Å². The molecule has 0 heterocycles. The number of hydrogen-bond donors (Lipinski definition) is 0. The van der Waals surface area contributed by atoms with Crippen LogP contribution in [-0.2, 0) is 0 Å². The maximum atomic E-state index is 13.9. The Hall–Kier alpha value is -1.78. The molecular formula is C12H8F7N. The maximum absolute atomic E-state index is 13.9. The van der Waals surface area contributed by atoms with E-state index in [1.54, 1.807) is 0 Å². The van der Waals surface area contributed by atoms with Gasteiger partial charge in [0.05, 0.1) is 11.6 Å². The molecule has 0 spiro atoms. The van der Waals surface area contributed by atoms with Crippen molar-refractivity contribution < 1.29 is 30.7 Å². The second-order valence-corrected chi connectivity index (χ2v) is 4.30. The summed E-state index contributed by atoms with van der Waals surface area (Å²) in [6.45, 7) is -0.239. The van der Waals surface area contributed by atoms with Crippen molar-refractivity contribution in [1.82, 2.24) is 0 Å². The van der Waals surface area contributed by atoms with E-state index >= 15 is 0 Å². The fourth-order valence-electron chi connectivity index (χ4n) is 1.55. The van der Waals surface area contributed by atoms with Crippen molar-refractivity contribution in [2.24, 2.45) is 5.41 Å². The summed E-state index contributed by atoms with van der Waals surface area (Å²) in [5.74, 6) is 0. The number of benzene rings is 1. The molecule has 1 unspecified atom stereocenters. The Morgan fingerprint density at radius 3 is 1.95 bits per heavy atom. The van der Waals surface area contributed by atoms with Crippen LogP contribution in [0.4, 0.5) is 30.7 Å². The lowest BCUT2D eigenvalue weighted by Crippen LogP contribution is -2.50. The predicted octanol–water partition coefficient (Wildman–Crippen LogP) is 4.70. The van der Waals surface area contributed by atoms with Crippen LogP contribution in [0.15, 0.2) is 24.3 Å². The number of halogens is 7. The second-order valence-electron chi connectivity index (χ2n) is 4.30. The number of nitrogens with zero attached hydrogens (tertiary/aromatic N) is 1. The molecule has 0 radical (unpaired) electrons. The zero-order valence-corrected chi connectivity index (χ0v) is 9.98. The smallest absolute Gasteiger partial charge is 0.241 e. The van der Waals surface area contributed by atoms with Crippen molar-refractivity contribution in [3.05, 3.63) is 35.4 Å². The van der Waals surface area contributed by atoms with Crippen LogP contribution < -0.4 is 0 Å². The Labute approximate surface area is 109 Å². The molecule has 8 heteroatoms. The molecule has 0 saturated carbocycles. The van der Waals surface area contributed by atoms with Crippen LogP contribution in [0.3, 0.4) is 0 Å². The molecule has 1 atom stereocenters. The molecule has 0 aliphatic heterocycles. The zero-order chi connectivity index (χ0) is 15.8. The monoisotopic (exact) mass is 299 g/mol. The normalized spacial score (nSPS) is 14.8. The Morgan fingerprint density at radius 1 is 1.05 bits per heavy atom. The van der Waals surface area contributed by atoms with E-state index in [4.69, 9.17) is 5.26 Å². The Bertz CT molecular complexity index is 510. The van der Waals surface area contributed by atoms with Crippen molar-refractivity contribution in [3.8, 4) is 6.07 Å². The lowest BCUT2D eigenvalue weighted by molar-refractivity contribution is -0.353. The summed E-state index contributed by atoms with van der Waals surface area (Å²) in [5.41, 5.74) is -5.62. The largest absolute Gasteiger partial charge is 0.406 e. The number of hydrogen-bond acceptors (Lipinski definition) is 1. The van der Waals surface area contributed by atoms with Gasteiger partial charge in [0.1, 0.15) is 6.17 Å². The van der Waals surface area contributed by atoms with Crippen molar-refractivity contribution in [2.45, 2.75) is 25.4 Å². The SMILES string of the molecule is CC(C(F)c1cccc(C#N)c1)(C(F)(F)F)C(F)(F)F. The van der Waals surface area contributed by atoms with E-state index in [0.717, 1.165) is 18.2 Å². The highest BCUT2D eigenvalue weighted by Crippen LogP contribution is 2.58. The molecule has 20 heavy (non-hydrogen) atoms. The average molecular weight is 299 g/mol. The average Bonchev–Trinajstić information content (AvgIpc) is 2.34. The molecule has 1 aromatic carbocycles. The van der Waals surface area contributed by atoms with Gasteiger partial charge in [-0.1, -0.05) is 12.1 Å². The summed E-state index contributed by atoms with van der Waals surface area (Å²) in [7, 11) is 0. The molecule has 110 valence electrons. The molecule has 0 aliphatic carbocycles. The maximum Gasteiger partial charge on any atom is 0.406 e. The topological polar surface area (TPSA) is 23.8 Å². The molecule has 0 N–H and O–H groups in total. The lowest BCUT2D eigenvalue weighted by Gasteiger charge is -2.36. The van der Waals surface area contributed by atoms with Crippen molar-refractivity contribution in [2.75, 3.05) is 0 Å². The molecule has 1 aromatic rings. The highest BCUT2D eigenvalue weighted by Gasteiger charge is 2.72. The quantitative estimate of drug-likeness (QED) is 0.726. The van der Waals surface area contributed by atoms with Crippen LogP contribution in [-0.4, -0.2) is 12.4 Å². The van der Waals surface area contributed by atoms with E-state index < -0.39 is 29.5 Å². The summed E-state index contributed by atoms with van der Waals surface area (Å²) in [6, 6.07) is 5.14. The molecule has 1 nitrogen and oxygen atoms in total. The highest BCUT2D eigenvalue weighted by molar-refractivity contribution is 5.34. The van der Waals surface area contributed by atoms with Gasteiger partial charge in [-0.25, -0.2) is 4.39 Å². The van der Waals surface area contributed by atoms with Crippen LogP contribution in [0.2, 0.25) is 0 Å². The minimum absolute atomic E-state index is 0.225. The molecule has 0 bridgehead atoms. The standard InChI is InChI=1S/C12H8F7N/c1-10(11(14,15)16,12(17,18)19)9(13)8-4-2-3-7(5-8)6-20/h2-5,9H,1H3. The molecule has 0 saturated heterocycles. The summed E-state index contributed by atoms with van der Waals surface area (Å²) in [6.07, 6.45) is -15.0. The van der Waals surface area contributed by atoms with Gasteiger partial charge < -0.3 is 0 Å². The molecular weight excluding hydrogens is 291 g/mol. The van der Waals surface area contributed by atoms with Crippen LogP contribution >= 0.6 is 0 Å². The molecule has 0 aromatic heterocycles. The van der Waals surface area contributed by atoms with Gasteiger partial charge in [-0.05, 0) is 24.6 Å². The van der Waals surface area contributed by atoms with E-state index in [1.807, 2.05) is 0 Å². The Morgan fingerprint density at radius 2 is 1.55 bits per heavy atom. The molecule has 0 amide bonds. The van der Waals surface area contributed by atoms with Gasteiger partial charge in [0.25, 0.3) is 0 Å². The lowest BCUT2D eigenvalue weighted by atomic mass is 9.80. The number of alkyl halides is 7. The molecule has 0 fully saturated rings. The number of nitriles is 1. The first-order chi connectivity index (χ1) is 8.95. The second kappa shape index (κ2) is 4.96. The van der Waals surface area contributed by atoms with E-state index in [9.17, 15) is 30.7 Å². The third-order valence-corrected chi connectivity index (χ3v) is 2.99. The summed E-state index contributed by atoms with van der Waals surface area (Å²) < 4.78 is 90.1. The minimum Gasteiger partial charge on any atom is -0.241 e. The van der Waals surface area contributed by atoms with Crippen molar-refractivity contribution in [1.29, 1.82) is 5.26 Å². The van der Waals surface area contributed by atoms with Crippen molar-refractivity contribution in [3.63, 3.8) is 0 Å². The summed E-state index contributed by atoms with van der Waals surface area (Å²) in [4.78, 5) is 0. The van der Waals surface area contributed by atoms with Gasteiger partial charge in [0.15, 0.2) is 5.41 Å². The first kappa shape index (κ1) is 16.3. The van der Waals surface area contributed by atoms with E-state index in [1.165, 1.54) is 6.07 Å². The first-order valence-electron chi connectivity index (χ1n) is 5.22. The minimum atomic E-state index is -5.83. The fraction of sp³-hybridized carbons (Fsp3) is 0.417. The van der Waals surface area contributed by atoms with Gasteiger partial charge in [-0.3, -0.25) is 0 Å². The zero-order valence-electron chi connectivity index (χ0n) is 9.98. The molecule has 1 rings (SSSR count). The fourth-order valence-corrected chi connectivity index (χ4v) is 1.55. The van der Waals surface area contributed by atoms with Gasteiger partial charge in [0, 0.05) is 0 Å². The van der Waals surface area contributed by atoms with Gasteiger partial charge in [0.2, 0.25) is 0 Å². The highest BCUT2D eigenvalue weighted by atomic mass is 19.4. The molecule has 0 aliphatic rings. The van der Waals surface area contributed by atoms with Crippen LogP contribution in [0.5, 0.6) is 0 Å². The third kappa shape index (κ3) is 2.57.